The molecule has 0 aromatic heterocycles. The zero-order valence-corrected chi connectivity index (χ0v) is 10.5. The zero-order chi connectivity index (χ0) is 10.2. The third-order valence-corrected chi connectivity index (χ3v) is 4.02. The van der Waals surface area contributed by atoms with Gasteiger partial charge in [0.1, 0.15) is 0 Å². The summed E-state index contributed by atoms with van der Waals surface area (Å²) in [6.07, 6.45) is 8.12. The summed E-state index contributed by atoms with van der Waals surface area (Å²) in [5, 5.41) is 3.84. The monoisotopic (exact) mass is 215 g/mol. The number of hydrogen-bond acceptors (Lipinski definition) is 2. The Morgan fingerprint density at radius 3 is 2.21 bits per heavy atom. The highest BCUT2D eigenvalue weighted by atomic mass is 32.2. The maximum atomic E-state index is 3.84. The van der Waals surface area contributed by atoms with Crippen LogP contribution in [0.1, 0.15) is 52.4 Å². The van der Waals surface area contributed by atoms with Crippen molar-refractivity contribution in [2.75, 3.05) is 11.5 Å². The van der Waals surface area contributed by atoms with Gasteiger partial charge in [0, 0.05) is 12.1 Å². The van der Waals surface area contributed by atoms with Crippen LogP contribution in [0.3, 0.4) is 0 Å². The van der Waals surface area contributed by atoms with E-state index >= 15 is 0 Å². The highest BCUT2D eigenvalue weighted by molar-refractivity contribution is 7.99. The van der Waals surface area contributed by atoms with E-state index in [4.69, 9.17) is 0 Å². The van der Waals surface area contributed by atoms with Gasteiger partial charge < -0.3 is 5.32 Å². The molecule has 0 radical (unpaired) electrons. The van der Waals surface area contributed by atoms with E-state index in [2.05, 4.69) is 30.9 Å². The second kappa shape index (κ2) is 7.58. The Hall–Kier alpha value is 0.310. The Kier molecular flexibility index (Phi) is 6.70. The minimum absolute atomic E-state index is 0.790. The number of rotatable bonds is 6. The molecule has 0 aliphatic carbocycles. The van der Waals surface area contributed by atoms with Crippen molar-refractivity contribution in [3.63, 3.8) is 0 Å². The van der Waals surface area contributed by atoms with Crippen molar-refractivity contribution in [2.24, 2.45) is 0 Å². The molecule has 1 saturated heterocycles. The molecule has 1 rings (SSSR count). The summed E-state index contributed by atoms with van der Waals surface area (Å²) in [4.78, 5) is 0. The Balaban J connectivity index is 2.21. The largest absolute Gasteiger partial charge is 0.311 e. The van der Waals surface area contributed by atoms with Crippen LogP contribution >= 0.6 is 11.8 Å². The fourth-order valence-electron chi connectivity index (χ4n) is 2.21. The summed E-state index contributed by atoms with van der Waals surface area (Å²) in [5.74, 6) is 2.73. The number of thioether (sulfide) groups is 1. The van der Waals surface area contributed by atoms with E-state index in [1.165, 1.54) is 50.0 Å². The van der Waals surface area contributed by atoms with Gasteiger partial charge in [0.25, 0.3) is 0 Å². The second-order valence-electron chi connectivity index (χ2n) is 4.33. The highest BCUT2D eigenvalue weighted by Crippen LogP contribution is 2.18. The van der Waals surface area contributed by atoms with E-state index in [1.807, 2.05) is 0 Å². The molecule has 1 fully saturated rings. The van der Waals surface area contributed by atoms with Crippen LogP contribution in [0, 0.1) is 0 Å². The quantitative estimate of drug-likeness (QED) is 0.728. The number of hydrogen-bond donors (Lipinski definition) is 1. The van der Waals surface area contributed by atoms with E-state index in [1.54, 1.807) is 0 Å². The van der Waals surface area contributed by atoms with Crippen molar-refractivity contribution in [2.45, 2.75) is 64.5 Å². The predicted molar refractivity (Wildman–Crippen MR) is 67.1 cm³/mol. The van der Waals surface area contributed by atoms with Gasteiger partial charge in [-0.3, -0.25) is 0 Å². The Morgan fingerprint density at radius 2 is 1.71 bits per heavy atom. The first kappa shape index (κ1) is 12.4. The third kappa shape index (κ3) is 4.70. The molecule has 1 N–H and O–H groups in total. The molecule has 2 heteroatoms. The predicted octanol–water partition coefficient (Wildman–Crippen LogP) is 3.44. The van der Waals surface area contributed by atoms with Crippen molar-refractivity contribution in [1.29, 1.82) is 0 Å². The first-order valence-electron chi connectivity index (χ1n) is 6.20. The lowest BCUT2D eigenvalue weighted by atomic mass is 10.0. The van der Waals surface area contributed by atoms with Crippen LogP contribution in [0.5, 0.6) is 0 Å². The second-order valence-corrected chi connectivity index (χ2v) is 5.55. The van der Waals surface area contributed by atoms with Crippen molar-refractivity contribution in [3.8, 4) is 0 Å². The molecule has 0 aromatic carbocycles. The van der Waals surface area contributed by atoms with Crippen molar-refractivity contribution in [1.82, 2.24) is 5.32 Å². The summed E-state index contributed by atoms with van der Waals surface area (Å²) in [6, 6.07) is 1.61. The van der Waals surface area contributed by atoms with E-state index < -0.39 is 0 Å². The van der Waals surface area contributed by atoms with E-state index in [0.717, 1.165) is 12.1 Å². The molecule has 0 amide bonds. The van der Waals surface area contributed by atoms with Crippen LogP contribution in [0.25, 0.3) is 0 Å². The molecule has 0 unspecified atom stereocenters. The summed E-state index contributed by atoms with van der Waals surface area (Å²) < 4.78 is 0. The Morgan fingerprint density at radius 1 is 1.14 bits per heavy atom. The molecule has 0 atom stereocenters. The fraction of sp³-hybridized carbons (Fsp3) is 1.00. The first-order valence-corrected chi connectivity index (χ1v) is 7.36. The van der Waals surface area contributed by atoms with Crippen LogP contribution in [0.4, 0.5) is 0 Å². The van der Waals surface area contributed by atoms with Gasteiger partial charge in [0.15, 0.2) is 0 Å². The Bertz CT molecular complexity index is 126. The highest BCUT2D eigenvalue weighted by Gasteiger charge is 2.16. The summed E-state index contributed by atoms with van der Waals surface area (Å²) >= 11 is 2.11. The molecular formula is C12H25NS. The first-order chi connectivity index (χ1) is 6.86. The standard InChI is InChI=1S/C12H25NS/c1-3-5-11(6-4-2)13-12-7-9-14-10-8-12/h11-13H,3-10H2,1-2H3. The molecule has 14 heavy (non-hydrogen) atoms. The topological polar surface area (TPSA) is 12.0 Å². The van der Waals surface area contributed by atoms with Gasteiger partial charge in [0.05, 0.1) is 0 Å². The van der Waals surface area contributed by atoms with E-state index in [9.17, 15) is 0 Å². The van der Waals surface area contributed by atoms with Crippen molar-refractivity contribution >= 4 is 11.8 Å². The van der Waals surface area contributed by atoms with Gasteiger partial charge >= 0.3 is 0 Å². The smallest absolute Gasteiger partial charge is 0.00853 e. The lowest BCUT2D eigenvalue weighted by Crippen LogP contribution is -2.40. The van der Waals surface area contributed by atoms with Gasteiger partial charge in [-0.1, -0.05) is 26.7 Å². The average molecular weight is 215 g/mol. The molecule has 1 aliphatic rings. The molecule has 0 bridgehead atoms. The summed E-state index contributed by atoms with van der Waals surface area (Å²) in [5.41, 5.74) is 0. The van der Waals surface area contributed by atoms with Gasteiger partial charge in [-0.2, -0.15) is 11.8 Å². The zero-order valence-electron chi connectivity index (χ0n) is 9.72. The van der Waals surface area contributed by atoms with Gasteiger partial charge in [0.2, 0.25) is 0 Å². The lowest BCUT2D eigenvalue weighted by molar-refractivity contribution is 0.369. The fourth-order valence-corrected chi connectivity index (χ4v) is 3.31. The van der Waals surface area contributed by atoms with E-state index in [-0.39, 0.29) is 0 Å². The molecule has 1 heterocycles. The van der Waals surface area contributed by atoms with Gasteiger partial charge in [-0.15, -0.1) is 0 Å². The van der Waals surface area contributed by atoms with Gasteiger partial charge in [-0.25, -0.2) is 0 Å². The molecule has 0 saturated carbocycles. The van der Waals surface area contributed by atoms with Crippen LogP contribution in [-0.4, -0.2) is 23.6 Å². The number of nitrogens with one attached hydrogen (secondary N) is 1. The van der Waals surface area contributed by atoms with E-state index in [0.29, 0.717) is 0 Å². The molecule has 84 valence electrons. The summed E-state index contributed by atoms with van der Waals surface area (Å²) in [6.45, 7) is 4.59. The maximum absolute atomic E-state index is 3.84. The minimum Gasteiger partial charge on any atom is -0.311 e. The van der Waals surface area contributed by atoms with Crippen molar-refractivity contribution in [3.05, 3.63) is 0 Å². The molecule has 1 aliphatic heterocycles. The van der Waals surface area contributed by atoms with Crippen LogP contribution in [-0.2, 0) is 0 Å². The molecule has 0 aromatic rings. The molecule has 0 spiro atoms. The maximum Gasteiger partial charge on any atom is 0.00853 e. The lowest BCUT2D eigenvalue weighted by Gasteiger charge is -2.28. The summed E-state index contributed by atoms with van der Waals surface area (Å²) in [7, 11) is 0. The molecule has 1 nitrogen and oxygen atoms in total. The molecular weight excluding hydrogens is 190 g/mol. The normalized spacial score (nSPS) is 19.1. The van der Waals surface area contributed by atoms with Gasteiger partial charge in [-0.05, 0) is 37.2 Å². The van der Waals surface area contributed by atoms with Crippen LogP contribution in [0.15, 0.2) is 0 Å². The van der Waals surface area contributed by atoms with Crippen LogP contribution < -0.4 is 5.32 Å². The SMILES string of the molecule is CCCC(CCC)NC1CCSCC1. The van der Waals surface area contributed by atoms with Crippen molar-refractivity contribution < 1.29 is 0 Å². The third-order valence-electron chi connectivity index (χ3n) is 2.97. The average Bonchev–Trinajstić information content (AvgIpc) is 2.20. The van der Waals surface area contributed by atoms with Crippen LogP contribution in [0.2, 0.25) is 0 Å². The Labute approximate surface area is 93.4 Å². The minimum atomic E-state index is 0.790.